The van der Waals surface area contributed by atoms with Crippen LogP contribution in [-0.2, 0) is 14.3 Å². The van der Waals surface area contributed by atoms with Gasteiger partial charge in [0, 0.05) is 12.2 Å². The first-order valence-corrected chi connectivity index (χ1v) is 8.49. The molecule has 1 aliphatic heterocycles. The monoisotopic (exact) mass is 370 g/mol. The molecule has 9 heteroatoms. The van der Waals surface area contributed by atoms with E-state index in [9.17, 15) is 20.1 Å². The Labute approximate surface area is 151 Å². The summed E-state index contributed by atoms with van der Waals surface area (Å²) >= 11 is 0. The quantitative estimate of drug-likeness (QED) is 0.367. The van der Waals surface area contributed by atoms with Gasteiger partial charge >= 0.3 is 0 Å². The second-order valence-electron chi connectivity index (χ2n) is 6.02. The highest BCUT2D eigenvalue weighted by Gasteiger charge is 2.46. The number of nitrogen functional groups attached to an aromatic ring is 1. The fourth-order valence-corrected chi connectivity index (χ4v) is 2.52. The number of benzene rings is 1. The summed E-state index contributed by atoms with van der Waals surface area (Å²) in [6, 6.07) is 6.43. The van der Waals surface area contributed by atoms with Gasteiger partial charge in [0.25, 0.3) is 0 Å². The Bertz CT molecular complexity index is 569. The van der Waals surface area contributed by atoms with Crippen LogP contribution in [0.3, 0.4) is 0 Å². The third kappa shape index (κ3) is 5.29. The number of aliphatic hydroxyl groups is 3. The van der Waals surface area contributed by atoms with Gasteiger partial charge in [0.2, 0.25) is 12.2 Å². The van der Waals surface area contributed by atoms with E-state index in [0.29, 0.717) is 18.0 Å². The van der Waals surface area contributed by atoms with E-state index < -0.39 is 37.3 Å². The summed E-state index contributed by atoms with van der Waals surface area (Å²) < 4.78 is 16.4. The summed E-state index contributed by atoms with van der Waals surface area (Å²) in [5, 5.41) is 32.7. The van der Waals surface area contributed by atoms with Crippen LogP contribution >= 0.6 is 0 Å². The lowest BCUT2D eigenvalue weighted by Gasteiger charge is -2.41. The molecule has 0 saturated carbocycles. The molecule has 0 spiro atoms. The Kier molecular flexibility index (Phi) is 7.61. The van der Waals surface area contributed by atoms with Crippen molar-refractivity contribution in [2.45, 2.75) is 44.1 Å². The first-order valence-electron chi connectivity index (χ1n) is 8.49. The van der Waals surface area contributed by atoms with Gasteiger partial charge in [-0.1, -0.05) is 6.92 Å². The summed E-state index contributed by atoms with van der Waals surface area (Å²) in [7, 11) is 0. The minimum absolute atomic E-state index is 0.342. The third-order valence-corrected chi connectivity index (χ3v) is 3.93. The largest absolute Gasteiger partial charge is 0.462 e. The van der Waals surface area contributed by atoms with Gasteiger partial charge in [-0.3, -0.25) is 4.79 Å². The lowest BCUT2D eigenvalue weighted by Crippen LogP contribution is -2.61. The minimum atomic E-state index is -1.37. The molecule has 0 unspecified atom stereocenters. The SMILES string of the molecule is CCCNC(=O)CO[C@H]1[C@@H](O)[C@@H](CO)O[C@@H](Oc2ccc(N)cc2)[C@@H]1O. The van der Waals surface area contributed by atoms with E-state index in [0.717, 1.165) is 6.42 Å². The van der Waals surface area contributed by atoms with E-state index in [1.165, 1.54) is 0 Å². The zero-order valence-electron chi connectivity index (χ0n) is 14.6. The van der Waals surface area contributed by atoms with Gasteiger partial charge in [-0.2, -0.15) is 0 Å². The number of nitrogens with one attached hydrogen (secondary N) is 1. The number of carbonyl (C=O) groups is 1. The van der Waals surface area contributed by atoms with E-state index in [2.05, 4.69) is 5.32 Å². The molecule has 1 saturated heterocycles. The predicted octanol–water partition coefficient (Wildman–Crippen LogP) is -1.00. The van der Waals surface area contributed by atoms with Gasteiger partial charge in [0.15, 0.2) is 0 Å². The molecule has 1 aromatic rings. The van der Waals surface area contributed by atoms with E-state index in [1.807, 2.05) is 6.92 Å². The lowest BCUT2D eigenvalue weighted by atomic mass is 9.99. The third-order valence-electron chi connectivity index (χ3n) is 3.93. The molecule has 1 aromatic carbocycles. The Morgan fingerprint density at radius 1 is 1.27 bits per heavy atom. The van der Waals surface area contributed by atoms with Crippen molar-refractivity contribution in [1.29, 1.82) is 0 Å². The van der Waals surface area contributed by atoms with E-state index in [4.69, 9.17) is 19.9 Å². The second-order valence-corrected chi connectivity index (χ2v) is 6.02. The van der Waals surface area contributed by atoms with Crippen molar-refractivity contribution >= 4 is 11.6 Å². The van der Waals surface area contributed by atoms with Gasteiger partial charge in [-0.25, -0.2) is 0 Å². The molecule has 0 aromatic heterocycles. The van der Waals surface area contributed by atoms with Gasteiger partial charge in [0.1, 0.15) is 36.8 Å². The zero-order valence-corrected chi connectivity index (χ0v) is 14.6. The van der Waals surface area contributed by atoms with Crippen molar-refractivity contribution in [3.05, 3.63) is 24.3 Å². The molecule has 1 fully saturated rings. The molecule has 0 aliphatic carbocycles. The highest BCUT2D eigenvalue weighted by Crippen LogP contribution is 2.26. The molecule has 2 rings (SSSR count). The molecule has 26 heavy (non-hydrogen) atoms. The summed E-state index contributed by atoms with van der Waals surface area (Å²) in [6.45, 7) is 1.57. The maximum atomic E-state index is 11.7. The second kappa shape index (κ2) is 9.70. The van der Waals surface area contributed by atoms with Crippen molar-refractivity contribution in [1.82, 2.24) is 5.32 Å². The highest BCUT2D eigenvalue weighted by atomic mass is 16.7. The molecule has 146 valence electrons. The Balaban J connectivity index is 2.03. The highest BCUT2D eigenvalue weighted by molar-refractivity contribution is 5.77. The molecule has 1 heterocycles. The van der Waals surface area contributed by atoms with Crippen molar-refractivity contribution in [3.8, 4) is 5.75 Å². The summed E-state index contributed by atoms with van der Waals surface area (Å²) in [5.41, 5.74) is 6.16. The number of aliphatic hydroxyl groups excluding tert-OH is 3. The number of hydrogen-bond acceptors (Lipinski definition) is 8. The van der Waals surface area contributed by atoms with Crippen LogP contribution in [0.25, 0.3) is 0 Å². The van der Waals surface area contributed by atoms with Crippen LogP contribution in [-0.4, -0.2) is 71.7 Å². The van der Waals surface area contributed by atoms with Crippen LogP contribution in [0, 0.1) is 0 Å². The average molecular weight is 370 g/mol. The minimum Gasteiger partial charge on any atom is -0.462 e. The number of hydrogen-bond donors (Lipinski definition) is 5. The van der Waals surface area contributed by atoms with Gasteiger partial charge in [-0.15, -0.1) is 0 Å². The molecule has 9 nitrogen and oxygen atoms in total. The van der Waals surface area contributed by atoms with Crippen LogP contribution in [0.15, 0.2) is 24.3 Å². The molecule has 5 atom stereocenters. The van der Waals surface area contributed by atoms with Crippen molar-refractivity contribution in [3.63, 3.8) is 0 Å². The zero-order chi connectivity index (χ0) is 19.1. The predicted molar refractivity (Wildman–Crippen MR) is 92.3 cm³/mol. The molecular formula is C17H26N2O7. The molecule has 1 amide bonds. The molecule has 0 radical (unpaired) electrons. The number of ether oxygens (including phenoxy) is 3. The normalized spacial score (nSPS) is 28.5. The smallest absolute Gasteiger partial charge is 0.246 e. The summed E-state index contributed by atoms with van der Waals surface area (Å²) in [6.07, 6.45) is -5.29. The van der Waals surface area contributed by atoms with Crippen LogP contribution in [0.2, 0.25) is 0 Å². The van der Waals surface area contributed by atoms with Crippen LogP contribution in [0.5, 0.6) is 5.75 Å². The molecule has 1 aliphatic rings. The number of rotatable bonds is 8. The fraction of sp³-hybridized carbons (Fsp3) is 0.588. The van der Waals surface area contributed by atoms with Gasteiger partial charge in [0.05, 0.1) is 6.61 Å². The van der Waals surface area contributed by atoms with Crippen LogP contribution < -0.4 is 15.8 Å². The number of anilines is 1. The van der Waals surface area contributed by atoms with Crippen LogP contribution in [0.1, 0.15) is 13.3 Å². The molecule has 6 N–H and O–H groups in total. The summed E-state index contributed by atoms with van der Waals surface area (Å²) in [4.78, 5) is 11.7. The van der Waals surface area contributed by atoms with Crippen molar-refractivity contribution in [2.75, 3.05) is 25.5 Å². The Morgan fingerprint density at radius 2 is 1.96 bits per heavy atom. The number of amides is 1. The van der Waals surface area contributed by atoms with E-state index in [1.54, 1.807) is 24.3 Å². The maximum absolute atomic E-state index is 11.7. The van der Waals surface area contributed by atoms with Crippen molar-refractivity contribution < 1.29 is 34.3 Å². The lowest BCUT2D eigenvalue weighted by molar-refractivity contribution is -0.284. The first-order chi connectivity index (χ1) is 12.5. The maximum Gasteiger partial charge on any atom is 0.246 e. The standard InChI is InChI=1S/C17H26N2O7/c1-2-7-19-13(21)9-24-16-14(22)12(8-20)26-17(15(16)23)25-11-5-3-10(18)4-6-11/h3-6,12,14-17,20,22-23H,2,7-9,18H2,1H3,(H,19,21)/t12-,14+,15-,16+,17-/m1/s1. The Hall–Kier alpha value is -1.91. The molecule has 0 bridgehead atoms. The van der Waals surface area contributed by atoms with E-state index >= 15 is 0 Å². The van der Waals surface area contributed by atoms with E-state index in [-0.39, 0.29) is 12.5 Å². The number of nitrogens with two attached hydrogens (primary N) is 1. The van der Waals surface area contributed by atoms with Crippen molar-refractivity contribution in [2.24, 2.45) is 0 Å². The average Bonchev–Trinajstić information content (AvgIpc) is 2.63. The summed E-state index contributed by atoms with van der Waals surface area (Å²) in [5.74, 6) is 0.0186. The molecular weight excluding hydrogens is 344 g/mol. The number of carbonyl (C=O) groups excluding carboxylic acids is 1. The van der Waals surface area contributed by atoms with Gasteiger partial charge in [-0.05, 0) is 30.7 Å². The Morgan fingerprint density at radius 3 is 2.58 bits per heavy atom. The van der Waals surface area contributed by atoms with Gasteiger partial charge < -0.3 is 40.6 Å². The first kappa shape index (κ1) is 20.4. The van der Waals surface area contributed by atoms with Crippen LogP contribution in [0.4, 0.5) is 5.69 Å². The topological polar surface area (TPSA) is 144 Å². The fourth-order valence-electron chi connectivity index (χ4n) is 2.52.